The number of ether oxygens (including phenoxy) is 1. The second-order valence-corrected chi connectivity index (χ2v) is 7.82. The number of aromatic nitrogens is 2. The number of esters is 1. The molecule has 1 heterocycles. The second-order valence-electron chi connectivity index (χ2n) is 6.13. The molecule has 0 fully saturated rings. The van der Waals surface area contributed by atoms with Gasteiger partial charge in [-0.2, -0.15) is 5.10 Å². The summed E-state index contributed by atoms with van der Waals surface area (Å²) in [6, 6.07) is 8.62. The van der Waals surface area contributed by atoms with Crippen molar-refractivity contribution < 1.29 is 9.53 Å². The number of carbonyl (C=O) groups is 1. The Morgan fingerprint density at radius 3 is 2.25 bits per heavy atom. The minimum absolute atomic E-state index is 0.188. The molecule has 0 atom stereocenters. The number of aryl methyl sites for hydroxylation is 1. The van der Waals surface area contributed by atoms with Crippen LogP contribution in [0.15, 0.2) is 30.3 Å². The fourth-order valence-corrected chi connectivity index (χ4v) is 4.20. The molecule has 0 spiro atoms. The Balaban J connectivity index is 2.36. The van der Waals surface area contributed by atoms with Crippen molar-refractivity contribution >= 4 is 52.4 Å². The number of rotatable bonds is 4. The topological polar surface area (TPSA) is 44.1 Å². The molecule has 0 saturated carbocycles. The zero-order valence-corrected chi connectivity index (χ0v) is 18.3. The van der Waals surface area contributed by atoms with E-state index in [4.69, 9.17) is 51.1 Å². The first kappa shape index (κ1) is 21.0. The zero-order valence-electron chi connectivity index (χ0n) is 15.3. The lowest BCUT2D eigenvalue weighted by Gasteiger charge is -2.14. The molecule has 3 aromatic rings. The molecule has 0 saturated heterocycles. The van der Waals surface area contributed by atoms with Crippen LogP contribution in [-0.4, -0.2) is 22.4 Å². The summed E-state index contributed by atoms with van der Waals surface area (Å²) in [6.07, 6.45) is 0. The van der Waals surface area contributed by atoms with Gasteiger partial charge in [0.05, 0.1) is 22.3 Å². The zero-order chi connectivity index (χ0) is 20.6. The Kier molecular flexibility index (Phi) is 6.25. The average Bonchev–Trinajstić information content (AvgIpc) is 2.91. The van der Waals surface area contributed by atoms with E-state index in [0.717, 1.165) is 11.1 Å². The molecule has 146 valence electrons. The third-order valence-electron chi connectivity index (χ3n) is 4.23. The quantitative estimate of drug-likeness (QED) is 0.398. The van der Waals surface area contributed by atoms with Crippen LogP contribution in [0.5, 0.6) is 0 Å². The van der Waals surface area contributed by atoms with Crippen molar-refractivity contribution in [3.05, 3.63) is 67.2 Å². The van der Waals surface area contributed by atoms with Crippen LogP contribution >= 0.6 is 46.4 Å². The van der Waals surface area contributed by atoms with E-state index in [1.54, 1.807) is 36.7 Å². The smallest absolute Gasteiger partial charge is 0.359 e. The van der Waals surface area contributed by atoms with E-state index in [9.17, 15) is 4.79 Å². The minimum atomic E-state index is -0.521. The van der Waals surface area contributed by atoms with Gasteiger partial charge < -0.3 is 4.74 Å². The standard InChI is InChI=1S/C20H16Cl4N2O2/c1-4-28-20(27)17-11(3)18(14-6-5-12(21)7-10(14)2)26(25-17)19-15(23)8-13(22)9-16(19)24/h5-9H,4H2,1-3H3. The molecular formula is C20H16Cl4N2O2. The van der Waals surface area contributed by atoms with Crippen LogP contribution in [0.3, 0.4) is 0 Å². The fraction of sp³-hybridized carbons (Fsp3) is 0.200. The Morgan fingerprint density at radius 1 is 1.04 bits per heavy atom. The third kappa shape index (κ3) is 3.87. The maximum Gasteiger partial charge on any atom is 0.359 e. The van der Waals surface area contributed by atoms with E-state index < -0.39 is 5.97 Å². The largest absolute Gasteiger partial charge is 0.461 e. The molecule has 0 aliphatic heterocycles. The van der Waals surface area contributed by atoms with Gasteiger partial charge in [-0.15, -0.1) is 0 Å². The lowest BCUT2D eigenvalue weighted by atomic mass is 10.0. The summed E-state index contributed by atoms with van der Waals surface area (Å²) in [4.78, 5) is 12.5. The SMILES string of the molecule is CCOC(=O)c1nn(-c2c(Cl)cc(Cl)cc2Cl)c(-c2ccc(Cl)cc2C)c1C. The monoisotopic (exact) mass is 456 g/mol. The molecule has 0 aliphatic rings. The fourth-order valence-electron chi connectivity index (χ4n) is 3.00. The van der Waals surface area contributed by atoms with Gasteiger partial charge in [0.15, 0.2) is 5.69 Å². The Hall–Kier alpha value is -1.72. The number of carbonyl (C=O) groups excluding carboxylic acids is 1. The van der Waals surface area contributed by atoms with E-state index >= 15 is 0 Å². The number of nitrogens with zero attached hydrogens (tertiary/aromatic N) is 2. The minimum Gasteiger partial charge on any atom is -0.461 e. The lowest BCUT2D eigenvalue weighted by Crippen LogP contribution is -2.08. The molecule has 1 aromatic heterocycles. The number of hydrogen-bond acceptors (Lipinski definition) is 3. The van der Waals surface area contributed by atoms with Crippen LogP contribution in [0.2, 0.25) is 20.1 Å². The first-order valence-electron chi connectivity index (χ1n) is 8.42. The van der Waals surface area contributed by atoms with Crippen LogP contribution in [0.25, 0.3) is 16.9 Å². The molecule has 8 heteroatoms. The van der Waals surface area contributed by atoms with Gasteiger partial charge in [-0.05, 0) is 50.6 Å². The first-order chi connectivity index (χ1) is 13.2. The predicted octanol–water partition coefficient (Wildman–Crippen LogP) is 6.95. The molecule has 0 amide bonds. The van der Waals surface area contributed by atoms with Crippen LogP contribution in [0.1, 0.15) is 28.5 Å². The maximum absolute atomic E-state index is 12.5. The van der Waals surface area contributed by atoms with Gasteiger partial charge in [0.25, 0.3) is 0 Å². The molecule has 3 rings (SSSR count). The highest BCUT2D eigenvalue weighted by Gasteiger charge is 2.26. The van der Waals surface area contributed by atoms with Gasteiger partial charge in [0, 0.05) is 21.2 Å². The van der Waals surface area contributed by atoms with Crippen molar-refractivity contribution in [3.63, 3.8) is 0 Å². The van der Waals surface area contributed by atoms with Crippen LogP contribution < -0.4 is 0 Å². The Morgan fingerprint density at radius 2 is 1.68 bits per heavy atom. The summed E-state index contributed by atoms with van der Waals surface area (Å²) in [5.41, 5.74) is 3.68. The number of benzene rings is 2. The van der Waals surface area contributed by atoms with Crippen molar-refractivity contribution in [1.82, 2.24) is 9.78 Å². The van der Waals surface area contributed by atoms with Crippen molar-refractivity contribution in [2.24, 2.45) is 0 Å². The van der Waals surface area contributed by atoms with Gasteiger partial charge in [-0.25, -0.2) is 9.48 Å². The molecule has 28 heavy (non-hydrogen) atoms. The average molecular weight is 458 g/mol. The molecule has 0 N–H and O–H groups in total. The number of hydrogen-bond donors (Lipinski definition) is 0. The van der Waals surface area contributed by atoms with Crippen molar-refractivity contribution in [2.75, 3.05) is 6.61 Å². The van der Waals surface area contributed by atoms with Crippen molar-refractivity contribution in [2.45, 2.75) is 20.8 Å². The molecule has 4 nitrogen and oxygen atoms in total. The summed E-state index contributed by atoms with van der Waals surface area (Å²) in [7, 11) is 0. The summed E-state index contributed by atoms with van der Waals surface area (Å²) >= 11 is 25.0. The van der Waals surface area contributed by atoms with E-state index in [-0.39, 0.29) is 12.3 Å². The van der Waals surface area contributed by atoms with Gasteiger partial charge in [-0.3, -0.25) is 0 Å². The molecular weight excluding hydrogens is 442 g/mol. The maximum atomic E-state index is 12.5. The van der Waals surface area contributed by atoms with Crippen LogP contribution in [0.4, 0.5) is 0 Å². The number of halogens is 4. The highest BCUT2D eigenvalue weighted by molar-refractivity contribution is 6.40. The van der Waals surface area contributed by atoms with Gasteiger partial charge in [0.1, 0.15) is 5.69 Å². The summed E-state index contributed by atoms with van der Waals surface area (Å²) in [5.74, 6) is -0.521. The van der Waals surface area contributed by atoms with Gasteiger partial charge in [0.2, 0.25) is 0 Å². The van der Waals surface area contributed by atoms with E-state index in [1.165, 1.54) is 0 Å². The Bertz CT molecular complexity index is 1050. The Labute approximate surface area is 182 Å². The molecule has 0 unspecified atom stereocenters. The second kappa shape index (κ2) is 8.34. The highest BCUT2D eigenvalue weighted by Crippen LogP contribution is 2.38. The van der Waals surface area contributed by atoms with E-state index in [1.807, 2.05) is 19.1 Å². The molecule has 2 aromatic carbocycles. The summed E-state index contributed by atoms with van der Waals surface area (Å²) in [5, 5.41) is 6.11. The highest BCUT2D eigenvalue weighted by atomic mass is 35.5. The lowest BCUT2D eigenvalue weighted by molar-refractivity contribution is 0.0518. The van der Waals surface area contributed by atoms with Gasteiger partial charge >= 0.3 is 5.97 Å². The van der Waals surface area contributed by atoms with E-state index in [2.05, 4.69) is 5.10 Å². The molecule has 0 aliphatic carbocycles. The summed E-state index contributed by atoms with van der Waals surface area (Å²) < 4.78 is 6.71. The van der Waals surface area contributed by atoms with Crippen molar-refractivity contribution in [1.29, 1.82) is 0 Å². The van der Waals surface area contributed by atoms with Crippen LogP contribution in [-0.2, 0) is 4.74 Å². The van der Waals surface area contributed by atoms with Crippen molar-refractivity contribution in [3.8, 4) is 16.9 Å². The van der Waals surface area contributed by atoms with Gasteiger partial charge in [-0.1, -0.05) is 52.5 Å². The van der Waals surface area contributed by atoms with Crippen LogP contribution in [0, 0.1) is 13.8 Å². The normalized spacial score (nSPS) is 11.0. The predicted molar refractivity (Wildman–Crippen MR) is 114 cm³/mol. The summed E-state index contributed by atoms with van der Waals surface area (Å²) in [6.45, 7) is 5.70. The third-order valence-corrected chi connectivity index (χ3v) is 5.26. The molecule has 0 bridgehead atoms. The molecule has 0 radical (unpaired) electrons. The first-order valence-corrected chi connectivity index (χ1v) is 9.94. The van der Waals surface area contributed by atoms with E-state index in [0.29, 0.717) is 37.0 Å².